The summed E-state index contributed by atoms with van der Waals surface area (Å²) in [6.45, 7) is -0.778. The van der Waals surface area contributed by atoms with Crippen molar-refractivity contribution in [3.8, 4) is 5.75 Å². The Hall–Kier alpha value is -3.69. The van der Waals surface area contributed by atoms with Crippen LogP contribution in [0.5, 0.6) is 5.75 Å². The van der Waals surface area contributed by atoms with E-state index in [9.17, 15) is 23.1 Å². The van der Waals surface area contributed by atoms with Crippen molar-refractivity contribution in [1.82, 2.24) is 4.31 Å². The van der Waals surface area contributed by atoms with Crippen molar-refractivity contribution >= 4 is 27.5 Å². The molecule has 0 spiro atoms. The molecule has 0 unspecified atom stereocenters. The van der Waals surface area contributed by atoms with Crippen LogP contribution in [0.1, 0.15) is 20.7 Å². The van der Waals surface area contributed by atoms with E-state index in [4.69, 9.17) is 4.74 Å². The molecule has 1 aliphatic heterocycles. The maximum absolute atomic E-state index is 12.6. The summed E-state index contributed by atoms with van der Waals surface area (Å²) in [6, 6.07) is 21.3. The number of anilines is 1. The number of nitrogens with one attached hydrogen (secondary N) is 1. The SMILES string of the molecule is O=C(Nc1ccccc1)c1ccccc1OC[C@@H](O)CN1C(=O)c2ccccc2S1(=O)=O. The third-order valence-electron chi connectivity index (χ3n) is 4.88. The molecular formula is C23H20N2O6S. The fourth-order valence-electron chi connectivity index (χ4n) is 3.34. The fourth-order valence-corrected chi connectivity index (χ4v) is 4.95. The van der Waals surface area contributed by atoms with Crippen LogP contribution in [0.2, 0.25) is 0 Å². The van der Waals surface area contributed by atoms with Gasteiger partial charge in [0.15, 0.2) is 0 Å². The van der Waals surface area contributed by atoms with Crippen LogP contribution in [0, 0.1) is 0 Å². The van der Waals surface area contributed by atoms with Gasteiger partial charge in [0.1, 0.15) is 23.4 Å². The molecule has 8 nitrogen and oxygen atoms in total. The molecule has 0 aliphatic carbocycles. The first-order chi connectivity index (χ1) is 15.4. The number of hydrogen-bond acceptors (Lipinski definition) is 6. The number of carbonyl (C=O) groups excluding carboxylic acids is 2. The Morgan fingerprint density at radius 2 is 1.62 bits per heavy atom. The molecule has 2 amide bonds. The maximum Gasteiger partial charge on any atom is 0.269 e. The number of hydrogen-bond donors (Lipinski definition) is 2. The Morgan fingerprint density at radius 3 is 2.38 bits per heavy atom. The van der Waals surface area contributed by atoms with Gasteiger partial charge in [0, 0.05) is 5.69 Å². The summed E-state index contributed by atoms with van der Waals surface area (Å²) in [5, 5.41) is 13.1. The van der Waals surface area contributed by atoms with E-state index >= 15 is 0 Å². The number of aliphatic hydroxyl groups excluding tert-OH is 1. The minimum atomic E-state index is -4.03. The summed E-state index contributed by atoms with van der Waals surface area (Å²) in [6.07, 6.45) is -1.30. The average Bonchev–Trinajstić information content (AvgIpc) is 2.99. The molecule has 1 atom stereocenters. The molecule has 0 bridgehead atoms. The normalized spacial score (nSPS) is 15.2. The van der Waals surface area contributed by atoms with Gasteiger partial charge in [0.25, 0.3) is 21.8 Å². The predicted molar refractivity (Wildman–Crippen MR) is 117 cm³/mol. The van der Waals surface area contributed by atoms with E-state index in [1.165, 1.54) is 18.2 Å². The van der Waals surface area contributed by atoms with Gasteiger partial charge < -0.3 is 15.2 Å². The molecule has 2 N–H and O–H groups in total. The molecular weight excluding hydrogens is 432 g/mol. The molecule has 0 saturated carbocycles. The number of carbonyl (C=O) groups is 2. The van der Waals surface area contributed by atoms with Crippen LogP contribution in [-0.4, -0.2) is 48.9 Å². The summed E-state index contributed by atoms with van der Waals surface area (Å²) in [7, 11) is -4.03. The van der Waals surface area contributed by atoms with Gasteiger partial charge in [0.2, 0.25) is 0 Å². The van der Waals surface area contributed by atoms with Gasteiger partial charge in [-0.25, -0.2) is 12.7 Å². The number of fused-ring (bicyclic) bond motifs is 1. The first-order valence-electron chi connectivity index (χ1n) is 9.80. The summed E-state index contributed by atoms with van der Waals surface area (Å²) in [5.74, 6) is -0.866. The Kier molecular flexibility index (Phi) is 5.93. The largest absolute Gasteiger partial charge is 0.490 e. The zero-order valence-electron chi connectivity index (χ0n) is 16.8. The molecule has 0 radical (unpaired) electrons. The van der Waals surface area contributed by atoms with Crippen molar-refractivity contribution in [1.29, 1.82) is 0 Å². The molecule has 0 saturated heterocycles. The lowest BCUT2D eigenvalue weighted by Crippen LogP contribution is -2.39. The van der Waals surface area contributed by atoms with Crippen LogP contribution in [0.25, 0.3) is 0 Å². The van der Waals surface area contributed by atoms with E-state index < -0.39 is 34.5 Å². The predicted octanol–water partition coefficient (Wildman–Crippen LogP) is 2.52. The number of ether oxygens (including phenoxy) is 1. The van der Waals surface area contributed by atoms with Crippen LogP contribution in [-0.2, 0) is 10.0 Å². The number of β-amino-alcohol motifs (C(OH)–C–C–N with tert-alkyl or cyclic N) is 1. The van der Waals surface area contributed by atoms with Crippen LogP contribution >= 0.6 is 0 Å². The standard InChI is InChI=1S/C23H20N2O6S/c26-17(14-25-23(28)19-11-5-7-13-21(19)32(25,29)30)15-31-20-12-6-4-10-18(20)22(27)24-16-8-2-1-3-9-16/h1-13,17,26H,14-15H2,(H,24,27)/t17-/m0/s1. The second-order valence-electron chi connectivity index (χ2n) is 7.12. The second-order valence-corrected chi connectivity index (χ2v) is 8.95. The highest BCUT2D eigenvalue weighted by molar-refractivity contribution is 7.90. The lowest BCUT2D eigenvalue weighted by Gasteiger charge is -2.20. The van der Waals surface area contributed by atoms with Gasteiger partial charge in [0.05, 0.1) is 17.7 Å². The summed E-state index contributed by atoms with van der Waals surface area (Å²) >= 11 is 0. The fraction of sp³-hybridized carbons (Fsp3) is 0.130. The van der Waals surface area contributed by atoms with Crippen LogP contribution in [0.4, 0.5) is 5.69 Å². The molecule has 1 heterocycles. The Labute approximate surface area is 185 Å². The zero-order valence-corrected chi connectivity index (χ0v) is 17.7. The number of para-hydroxylation sites is 2. The smallest absolute Gasteiger partial charge is 0.269 e. The van der Waals surface area contributed by atoms with Gasteiger partial charge in [-0.2, -0.15) is 0 Å². The van der Waals surface area contributed by atoms with Crippen molar-refractivity contribution in [3.05, 3.63) is 90.0 Å². The number of nitrogens with zero attached hydrogens (tertiary/aromatic N) is 1. The molecule has 4 rings (SSSR count). The third-order valence-corrected chi connectivity index (χ3v) is 6.69. The van der Waals surface area contributed by atoms with E-state index in [0.29, 0.717) is 9.99 Å². The zero-order chi connectivity index (χ0) is 22.7. The molecule has 0 fully saturated rings. The highest BCUT2D eigenvalue weighted by Crippen LogP contribution is 2.30. The monoisotopic (exact) mass is 452 g/mol. The van der Waals surface area contributed by atoms with Gasteiger partial charge in [-0.3, -0.25) is 9.59 Å². The van der Waals surface area contributed by atoms with Crippen molar-refractivity contribution in [2.45, 2.75) is 11.0 Å². The minimum Gasteiger partial charge on any atom is -0.490 e. The quantitative estimate of drug-likeness (QED) is 0.570. The van der Waals surface area contributed by atoms with E-state index in [2.05, 4.69) is 5.32 Å². The maximum atomic E-state index is 12.6. The number of aliphatic hydroxyl groups is 1. The van der Waals surface area contributed by atoms with Crippen LogP contribution in [0.3, 0.4) is 0 Å². The van der Waals surface area contributed by atoms with E-state index in [1.54, 1.807) is 54.6 Å². The first-order valence-corrected chi connectivity index (χ1v) is 11.2. The van der Waals surface area contributed by atoms with E-state index in [1.807, 2.05) is 6.07 Å². The van der Waals surface area contributed by atoms with E-state index in [0.717, 1.165) is 0 Å². The lowest BCUT2D eigenvalue weighted by atomic mass is 10.2. The molecule has 0 aromatic heterocycles. The Bertz CT molecular complexity index is 1260. The van der Waals surface area contributed by atoms with Crippen LogP contribution < -0.4 is 10.1 Å². The van der Waals surface area contributed by atoms with Gasteiger partial charge in [-0.05, 0) is 36.4 Å². The van der Waals surface area contributed by atoms with Crippen molar-refractivity contribution in [2.75, 3.05) is 18.5 Å². The van der Waals surface area contributed by atoms with Gasteiger partial charge in [-0.1, -0.05) is 42.5 Å². The number of benzene rings is 3. The highest BCUT2D eigenvalue weighted by atomic mass is 32.2. The average molecular weight is 452 g/mol. The number of amides is 2. The second kappa shape index (κ2) is 8.81. The minimum absolute atomic E-state index is 0.0727. The molecule has 32 heavy (non-hydrogen) atoms. The van der Waals surface area contributed by atoms with E-state index in [-0.39, 0.29) is 28.4 Å². The van der Waals surface area contributed by atoms with Gasteiger partial charge >= 0.3 is 0 Å². The summed E-state index contributed by atoms with van der Waals surface area (Å²) in [4.78, 5) is 25.0. The molecule has 164 valence electrons. The molecule has 3 aromatic carbocycles. The van der Waals surface area contributed by atoms with Crippen molar-refractivity contribution in [2.24, 2.45) is 0 Å². The molecule has 9 heteroatoms. The molecule has 1 aliphatic rings. The van der Waals surface area contributed by atoms with Crippen LogP contribution in [0.15, 0.2) is 83.8 Å². The summed E-state index contributed by atoms with van der Waals surface area (Å²) < 4.78 is 31.5. The van der Waals surface area contributed by atoms with Crippen molar-refractivity contribution in [3.63, 3.8) is 0 Å². The Balaban J connectivity index is 1.43. The number of rotatable bonds is 7. The topological polar surface area (TPSA) is 113 Å². The lowest BCUT2D eigenvalue weighted by molar-refractivity contribution is 0.0685. The summed E-state index contributed by atoms with van der Waals surface area (Å²) in [5.41, 5.74) is 0.939. The van der Waals surface area contributed by atoms with Gasteiger partial charge in [-0.15, -0.1) is 0 Å². The highest BCUT2D eigenvalue weighted by Gasteiger charge is 2.41. The third kappa shape index (κ3) is 4.20. The number of sulfonamides is 1. The first kappa shape index (κ1) is 21.5. The Morgan fingerprint density at radius 1 is 0.969 bits per heavy atom. The van der Waals surface area contributed by atoms with Crippen molar-refractivity contribution < 1.29 is 27.9 Å². The molecule has 3 aromatic rings.